The Morgan fingerprint density at radius 2 is 1.76 bits per heavy atom. The van der Waals surface area contributed by atoms with Gasteiger partial charge in [-0.1, -0.05) is 49.6 Å². The van der Waals surface area contributed by atoms with Crippen LogP contribution in [0.4, 0.5) is 0 Å². The number of aromatic nitrogens is 1. The molecule has 1 aromatic heterocycles. The molecule has 0 unspecified atom stereocenters. The van der Waals surface area contributed by atoms with Crippen molar-refractivity contribution < 1.29 is 5.11 Å². The fourth-order valence-corrected chi connectivity index (χ4v) is 3.26. The molecule has 1 heterocycles. The summed E-state index contributed by atoms with van der Waals surface area (Å²) >= 11 is 0. The molecule has 1 aromatic carbocycles. The van der Waals surface area contributed by atoms with Crippen LogP contribution in [0.5, 0.6) is 5.75 Å². The topological polar surface area (TPSA) is 42.2 Å². The molecular weight excluding hydrogens is 262 g/mol. The summed E-state index contributed by atoms with van der Waals surface area (Å²) in [4.78, 5) is 12.7. The molecule has 3 nitrogen and oxygen atoms in total. The fourth-order valence-electron chi connectivity index (χ4n) is 3.26. The normalized spacial score (nSPS) is 16.0. The molecule has 1 aliphatic rings. The van der Waals surface area contributed by atoms with E-state index in [0.29, 0.717) is 12.1 Å². The molecule has 1 aliphatic carbocycles. The third kappa shape index (κ3) is 3.02. The highest BCUT2D eigenvalue weighted by Crippen LogP contribution is 2.34. The molecule has 0 amide bonds. The number of aromatic hydroxyl groups is 1. The van der Waals surface area contributed by atoms with Crippen molar-refractivity contribution in [1.29, 1.82) is 0 Å². The van der Waals surface area contributed by atoms with Gasteiger partial charge in [0.2, 0.25) is 0 Å². The van der Waals surface area contributed by atoms with Crippen molar-refractivity contribution in [3.63, 3.8) is 0 Å². The summed E-state index contributed by atoms with van der Waals surface area (Å²) in [6, 6.07) is 11.6. The van der Waals surface area contributed by atoms with E-state index in [1.165, 1.54) is 6.42 Å². The van der Waals surface area contributed by atoms with Gasteiger partial charge in [-0.05, 0) is 30.4 Å². The number of rotatable bonds is 3. The third-order valence-electron chi connectivity index (χ3n) is 4.39. The molecule has 1 saturated carbocycles. The molecule has 0 radical (unpaired) electrons. The Labute approximate surface area is 124 Å². The predicted molar refractivity (Wildman–Crippen MR) is 83.7 cm³/mol. The summed E-state index contributed by atoms with van der Waals surface area (Å²) < 4.78 is 1.71. The second kappa shape index (κ2) is 6.17. The second-order valence-electron chi connectivity index (χ2n) is 5.87. The monoisotopic (exact) mass is 283 g/mol. The maximum atomic E-state index is 12.7. The van der Waals surface area contributed by atoms with Crippen LogP contribution in [0.1, 0.15) is 49.1 Å². The lowest BCUT2D eigenvalue weighted by Crippen LogP contribution is -2.26. The lowest BCUT2D eigenvalue weighted by atomic mass is 9.84. The van der Waals surface area contributed by atoms with Gasteiger partial charge in [0.1, 0.15) is 5.75 Å². The minimum absolute atomic E-state index is 0.0363. The van der Waals surface area contributed by atoms with Crippen LogP contribution in [0.15, 0.2) is 47.4 Å². The van der Waals surface area contributed by atoms with Crippen molar-refractivity contribution in [2.24, 2.45) is 0 Å². The number of hydrogen-bond acceptors (Lipinski definition) is 2. The van der Waals surface area contributed by atoms with Gasteiger partial charge in [-0.15, -0.1) is 0 Å². The van der Waals surface area contributed by atoms with Gasteiger partial charge >= 0.3 is 0 Å². The molecule has 0 atom stereocenters. The first-order valence-corrected chi connectivity index (χ1v) is 7.72. The van der Waals surface area contributed by atoms with Crippen LogP contribution in [-0.2, 0) is 6.54 Å². The van der Waals surface area contributed by atoms with E-state index in [1.54, 1.807) is 16.8 Å². The quantitative estimate of drug-likeness (QED) is 0.934. The van der Waals surface area contributed by atoms with Crippen LogP contribution in [-0.4, -0.2) is 9.67 Å². The summed E-state index contributed by atoms with van der Waals surface area (Å²) in [7, 11) is 0. The Morgan fingerprint density at radius 3 is 2.48 bits per heavy atom. The summed E-state index contributed by atoms with van der Waals surface area (Å²) in [6.07, 6.45) is 7.25. The van der Waals surface area contributed by atoms with E-state index in [9.17, 15) is 9.90 Å². The fraction of sp³-hybridized carbons (Fsp3) is 0.389. The van der Waals surface area contributed by atoms with Crippen LogP contribution < -0.4 is 5.56 Å². The van der Waals surface area contributed by atoms with E-state index in [-0.39, 0.29) is 17.2 Å². The molecule has 2 aromatic rings. The number of benzene rings is 1. The summed E-state index contributed by atoms with van der Waals surface area (Å²) in [6.45, 7) is 0.555. The van der Waals surface area contributed by atoms with E-state index < -0.39 is 0 Å². The van der Waals surface area contributed by atoms with Crippen LogP contribution >= 0.6 is 0 Å². The molecule has 0 spiro atoms. The predicted octanol–water partition coefficient (Wildman–Crippen LogP) is 3.65. The van der Waals surface area contributed by atoms with Crippen molar-refractivity contribution in [1.82, 2.24) is 4.57 Å². The Morgan fingerprint density at radius 1 is 1.05 bits per heavy atom. The first kappa shape index (κ1) is 13.9. The lowest BCUT2D eigenvalue weighted by Gasteiger charge is -2.22. The smallest absolute Gasteiger partial charge is 0.258 e. The van der Waals surface area contributed by atoms with E-state index in [2.05, 4.69) is 0 Å². The molecule has 0 aliphatic heterocycles. The second-order valence-corrected chi connectivity index (χ2v) is 5.87. The summed E-state index contributed by atoms with van der Waals surface area (Å²) in [5.41, 5.74) is 1.68. The number of pyridine rings is 1. The third-order valence-corrected chi connectivity index (χ3v) is 4.39. The zero-order valence-corrected chi connectivity index (χ0v) is 12.2. The first-order valence-electron chi connectivity index (χ1n) is 7.72. The van der Waals surface area contributed by atoms with Gasteiger partial charge in [-0.3, -0.25) is 4.79 Å². The van der Waals surface area contributed by atoms with Crippen LogP contribution in [0.3, 0.4) is 0 Å². The zero-order valence-electron chi connectivity index (χ0n) is 12.2. The average Bonchev–Trinajstić information content (AvgIpc) is 2.52. The molecule has 21 heavy (non-hydrogen) atoms. The molecule has 0 saturated heterocycles. The molecule has 1 N–H and O–H groups in total. The molecule has 3 heteroatoms. The minimum Gasteiger partial charge on any atom is -0.507 e. The van der Waals surface area contributed by atoms with Crippen molar-refractivity contribution in [3.8, 4) is 5.75 Å². The minimum atomic E-state index is -0.0363. The lowest BCUT2D eigenvalue weighted by molar-refractivity contribution is 0.407. The zero-order chi connectivity index (χ0) is 14.7. The molecule has 3 rings (SSSR count). The van der Waals surface area contributed by atoms with E-state index >= 15 is 0 Å². The van der Waals surface area contributed by atoms with Crippen molar-refractivity contribution in [2.75, 3.05) is 0 Å². The molecule has 0 bridgehead atoms. The van der Waals surface area contributed by atoms with Gasteiger partial charge in [0.05, 0.1) is 12.1 Å². The maximum absolute atomic E-state index is 12.7. The van der Waals surface area contributed by atoms with Crippen molar-refractivity contribution in [2.45, 2.75) is 44.6 Å². The Balaban J connectivity index is 1.94. The molecular formula is C18H21NO2. The number of nitrogens with zero attached hydrogens (tertiary/aromatic N) is 1. The highest BCUT2D eigenvalue weighted by Gasteiger charge is 2.22. The Bertz CT molecular complexity index is 655. The van der Waals surface area contributed by atoms with Crippen LogP contribution in [0.2, 0.25) is 0 Å². The summed E-state index contributed by atoms with van der Waals surface area (Å²) in [5, 5.41) is 10.1. The van der Waals surface area contributed by atoms with Crippen LogP contribution in [0.25, 0.3) is 0 Å². The first-order chi connectivity index (χ1) is 10.3. The van der Waals surface area contributed by atoms with Gasteiger partial charge in [0.25, 0.3) is 5.56 Å². The highest BCUT2D eigenvalue weighted by atomic mass is 16.3. The van der Waals surface area contributed by atoms with Gasteiger partial charge in [0, 0.05) is 6.20 Å². The molecule has 110 valence electrons. The van der Waals surface area contributed by atoms with E-state index in [1.807, 2.05) is 30.3 Å². The maximum Gasteiger partial charge on any atom is 0.258 e. The van der Waals surface area contributed by atoms with Gasteiger partial charge in [-0.25, -0.2) is 0 Å². The van der Waals surface area contributed by atoms with Gasteiger partial charge in [0.15, 0.2) is 0 Å². The standard InChI is InChI=1S/C18H21NO2/c20-16-11-12-19(13-14-7-3-1-4-8-14)18(21)17(16)15-9-5-2-6-10-15/h1,3-4,7-8,11-12,15,20H,2,5-6,9-10,13H2. The van der Waals surface area contributed by atoms with Gasteiger partial charge < -0.3 is 9.67 Å². The molecule has 1 fully saturated rings. The highest BCUT2D eigenvalue weighted by molar-refractivity contribution is 5.33. The number of hydrogen-bond donors (Lipinski definition) is 1. The van der Waals surface area contributed by atoms with E-state index in [4.69, 9.17) is 0 Å². The van der Waals surface area contributed by atoms with E-state index in [0.717, 1.165) is 31.2 Å². The van der Waals surface area contributed by atoms with Gasteiger partial charge in [-0.2, -0.15) is 0 Å². The largest absolute Gasteiger partial charge is 0.507 e. The Kier molecular flexibility index (Phi) is 4.09. The average molecular weight is 283 g/mol. The SMILES string of the molecule is O=c1c(C2CCCCC2)c(O)ccn1Cc1ccccc1. The van der Waals surface area contributed by atoms with Crippen LogP contribution in [0, 0.1) is 0 Å². The summed E-state index contributed by atoms with van der Waals surface area (Å²) in [5.74, 6) is 0.380. The Hall–Kier alpha value is -2.03. The van der Waals surface area contributed by atoms with Crippen molar-refractivity contribution >= 4 is 0 Å². The van der Waals surface area contributed by atoms with Crippen molar-refractivity contribution in [3.05, 3.63) is 64.1 Å².